The molecule has 0 aromatic heterocycles. The maximum Gasteiger partial charge on any atom is 0.401 e. The first kappa shape index (κ1) is 11.3. The molecule has 1 saturated carbocycles. The molecule has 1 aliphatic rings. The van der Waals surface area contributed by atoms with Gasteiger partial charge in [0, 0.05) is 5.54 Å². The zero-order valence-electron chi connectivity index (χ0n) is 7.87. The van der Waals surface area contributed by atoms with Crippen LogP contribution in [0.3, 0.4) is 0 Å². The van der Waals surface area contributed by atoms with Crippen LogP contribution in [0.1, 0.15) is 19.8 Å². The van der Waals surface area contributed by atoms with E-state index in [1.165, 1.54) is 0 Å². The lowest BCUT2D eigenvalue weighted by atomic mass is 10.3. The summed E-state index contributed by atoms with van der Waals surface area (Å²) in [5, 5.41) is 4.69. The Morgan fingerprint density at radius 3 is 2.43 bits per heavy atom. The Morgan fingerprint density at radius 1 is 1.43 bits per heavy atom. The van der Waals surface area contributed by atoms with Crippen LogP contribution in [-0.2, 0) is 4.79 Å². The van der Waals surface area contributed by atoms with Crippen molar-refractivity contribution < 1.29 is 18.0 Å². The van der Waals surface area contributed by atoms with Crippen LogP contribution >= 0.6 is 0 Å². The standard InChI is InChI=1S/C8H13F3N2O/c1-7(2-3-7)13-6(14)4-12-5-8(9,10)11/h12H,2-5H2,1H3,(H,13,14). The summed E-state index contributed by atoms with van der Waals surface area (Å²) in [6.07, 6.45) is -2.46. The summed E-state index contributed by atoms with van der Waals surface area (Å²) in [5.41, 5.74) is -0.170. The van der Waals surface area contributed by atoms with Crippen molar-refractivity contribution in [3.63, 3.8) is 0 Å². The van der Waals surface area contributed by atoms with Gasteiger partial charge in [-0.15, -0.1) is 0 Å². The van der Waals surface area contributed by atoms with E-state index in [2.05, 4.69) is 5.32 Å². The van der Waals surface area contributed by atoms with Crippen LogP contribution in [0.4, 0.5) is 13.2 Å². The minimum absolute atomic E-state index is 0.170. The van der Waals surface area contributed by atoms with E-state index in [1.54, 1.807) is 0 Å². The first-order chi connectivity index (χ1) is 6.31. The fourth-order valence-electron chi connectivity index (χ4n) is 1.01. The first-order valence-electron chi connectivity index (χ1n) is 4.39. The number of hydrogen-bond donors (Lipinski definition) is 2. The molecule has 1 rings (SSSR count). The van der Waals surface area contributed by atoms with Crippen LogP contribution < -0.4 is 10.6 Å². The third kappa shape index (κ3) is 4.45. The van der Waals surface area contributed by atoms with Crippen LogP contribution in [0.5, 0.6) is 0 Å². The lowest BCUT2D eigenvalue weighted by Crippen LogP contribution is -2.42. The van der Waals surface area contributed by atoms with Gasteiger partial charge < -0.3 is 10.6 Å². The molecule has 1 amide bonds. The fraction of sp³-hybridized carbons (Fsp3) is 0.875. The highest BCUT2D eigenvalue weighted by Gasteiger charge is 2.38. The third-order valence-electron chi connectivity index (χ3n) is 2.05. The minimum Gasteiger partial charge on any atom is -0.350 e. The van der Waals surface area contributed by atoms with Crippen LogP contribution in [0.15, 0.2) is 0 Å². The largest absolute Gasteiger partial charge is 0.401 e. The predicted molar refractivity (Wildman–Crippen MR) is 44.7 cm³/mol. The lowest BCUT2D eigenvalue weighted by Gasteiger charge is -2.12. The Kier molecular flexibility index (Phi) is 3.04. The normalized spacial score (nSPS) is 19.1. The number of hydrogen-bond acceptors (Lipinski definition) is 2. The van der Waals surface area contributed by atoms with Crippen molar-refractivity contribution in [2.75, 3.05) is 13.1 Å². The molecule has 0 unspecified atom stereocenters. The molecule has 0 saturated heterocycles. The Bertz CT molecular complexity index is 223. The second kappa shape index (κ2) is 3.76. The molecule has 0 atom stereocenters. The molecule has 6 heteroatoms. The number of halogens is 3. The number of alkyl halides is 3. The summed E-state index contributed by atoms with van der Waals surface area (Å²) in [6.45, 7) is 0.459. The summed E-state index contributed by atoms with van der Waals surface area (Å²) < 4.78 is 35.0. The molecule has 1 aliphatic carbocycles. The van der Waals surface area contributed by atoms with Crippen molar-refractivity contribution >= 4 is 5.91 Å². The molecule has 0 radical (unpaired) electrons. The molecule has 0 aliphatic heterocycles. The number of amides is 1. The summed E-state index contributed by atoms with van der Waals surface area (Å²) in [4.78, 5) is 11.0. The molecular formula is C8H13F3N2O. The molecule has 0 spiro atoms. The summed E-state index contributed by atoms with van der Waals surface area (Å²) >= 11 is 0. The third-order valence-corrected chi connectivity index (χ3v) is 2.05. The second-order valence-electron chi connectivity index (χ2n) is 3.83. The molecule has 0 heterocycles. The van der Waals surface area contributed by atoms with E-state index in [4.69, 9.17) is 0 Å². The average Bonchev–Trinajstić information content (AvgIpc) is 2.64. The molecule has 1 fully saturated rings. The number of rotatable bonds is 4. The number of carbonyl (C=O) groups excluding carboxylic acids is 1. The van der Waals surface area contributed by atoms with Crippen LogP contribution in [0, 0.1) is 0 Å². The zero-order valence-corrected chi connectivity index (χ0v) is 7.87. The Morgan fingerprint density at radius 2 is 2.00 bits per heavy atom. The summed E-state index contributed by atoms with van der Waals surface area (Å²) in [7, 11) is 0. The van der Waals surface area contributed by atoms with E-state index >= 15 is 0 Å². The molecule has 82 valence electrons. The quantitative estimate of drug-likeness (QED) is 0.720. The van der Waals surface area contributed by atoms with Gasteiger partial charge in [-0.25, -0.2) is 0 Å². The van der Waals surface area contributed by atoms with E-state index < -0.39 is 12.7 Å². The van der Waals surface area contributed by atoms with Crippen LogP contribution in [0.25, 0.3) is 0 Å². The molecule has 14 heavy (non-hydrogen) atoms. The highest BCUT2D eigenvalue weighted by atomic mass is 19.4. The molecular weight excluding hydrogens is 197 g/mol. The van der Waals surface area contributed by atoms with Crippen LogP contribution in [-0.4, -0.2) is 30.7 Å². The molecule has 0 aromatic carbocycles. The van der Waals surface area contributed by atoms with E-state index in [9.17, 15) is 18.0 Å². The van der Waals surface area contributed by atoms with Gasteiger partial charge >= 0.3 is 6.18 Å². The van der Waals surface area contributed by atoms with E-state index in [0.717, 1.165) is 12.8 Å². The van der Waals surface area contributed by atoms with Gasteiger partial charge in [0.2, 0.25) is 5.91 Å². The zero-order chi connectivity index (χ0) is 10.8. The van der Waals surface area contributed by atoms with E-state index in [-0.39, 0.29) is 18.0 Å². The second-order valence-corrected chi connectivity index (χ2v) is 3.83. The molecule has 3 nitrogen and oxygen atoms in total. The smallest absolute Gasteiger partial charge is 0.350 e. The maximum atomic E-state index is 11.7. The monoisotopic (exact) mass is 210 g/mol. The van der Waals surface area contributed by atoms with Crippen molar-refractivity contribution in [1.82, 2.24) is 10.6 Å². The van der Waals surface area contributed by atoms with Crippen molar-refractivity contribution in [3.05, 3.63) is 0 Å². The number of nitrogens with one attached hydrogen (secondary N) is 2. The molecule has 2 N–H and O–H groups in total. The van der Waals surface area contributed by atoms with Gasteiger partial charge in [-0.2, -0.15) is 13.2 Å². The Balaban J connectivity index is 2.09. The predicted octanol–water partition coefficient (Wildman–Crippen LogP) is 0.807. The lowest BCUT2D eigenvalue weighted by molar-refractivity contribution is -0.128. The van der Waals surface area contributed by atoms with E-state index in [0.29, 0.717) is 0 Å². The van der Waals surface area contributed by atoms with Gasteiger partial charge in [-0.1, -0.05) is 0 Å². The summed E-state index contributed by atoms with van der Waals surface area (Å²) in [6, 6.07) is 0. The van der Waals surface area contributed by atoms with Crippen molar-refractivity contribution in [1.29, 1.82) is 0 Å². The van der Waals surface area contributed by atoms with Crippen molar-refractivity contribution in [2.24, 2.45) is 0 Å². The minimum atomic E-state index is -4.26. The van der Waals surface area contributed by atoms with Gasteiger partial charge in [0.1, 0.15) is 0 Å². The molecule has 0 bridgehead atoms. The van der Waals surface area contributed by atoms with Crippen molar-refractivity contribution in [3.8, 4) is 0 Å². The maximum absolute atomic E-state index is 11.7. The van der Waals surface area contributed by atoms with Gasteiger partial charge in [0.15, 0.2) is 0 Å². The fourth-order valence-corrected chi connectivity index (χ4v) is 1.01. The molecule has 0 aromatic rings. The number of carbonyl (C=O) groups is 1. The van der Waals surface area contributed by atoms with Gasteiger partial charge in [-0.05, 0) is 19.8 Å². The highest BCUT2D eigenvalue weighted by Crippen LogP contribution is 2.33. The van der Waals surface area contributed by atoms with Gasteiger partial charge in [0.05, 0.1) is 13.1 Å². The average molecular weight is 210 g/mol. The first-order valence-corrected chi connectivity index (χ1v) is 4.39. The summed E-state index contributed by atoms with van der Waals surface area (Å²) in [5.74, 6) is -0.380. The highest BCUT2D eigenvalue weighted by molar-refractivity contribution is 5.79. The Labute approximate surface area is 80.0 Å². The topological polar surface area (TPSA) is 41.1 Å². The Hall–Kier alpha value is -0.780. The van der Waals surface area contributed by atoms with E-state index in [1.807, 2.05) is 12.2 Å². The van der Waals surface area contributed by atoms with Gasteiger partial charge in [-0.3, -0.25) is 4.79 Å². The van der Waals surface area contributed by atoms with Gasteiger partial charge in [0.25, 0.3) is 0 Å². The van der Waals surface area contributed by atoms with Crippen LogP contribution in [0.2, 0.25) is 0 Å². The van der Waals surface area contributed by atoms with Crippen molar-refractivity contribution in [2.45, 2.75) is 31.5 Å². The SMILES string of the molecule is CC1(NC(=O)CNCC(F)(F)F)CC1.